The maximum atomic E-state index is 12.7. The Kier molecular flexibility index (Phi) is 5.87. The molecular formula is C17H19NO6S. The normalized spacial score (nSPS) is 10.8. The molecule has 0 amide bonds. The molecule has 7 nitrogen and oxygen atoms in total. The molecule has 0 saturated heterocycles. The highest BCUT2D eigenvalue weighted by molar-refractivity contribution is 7.92. The van der Waals surface area contributed by atoms with Crippen molar-refractivity contribution in [3.63, 3.8) is 0 Å². The molecule has 8 heteroatoms. The van der Waals surface area contributed by atoms with Crippen LogP contribution in [0.3, 0.4) is 0 Å². The van der Waals surface area contributed by atoms with Crippen LogP contribution in [-0.2, 0) is 14.8 Å². The molecule has 0 fully saturated rings. The van der Waals surface area contributed by atoms with Crippen molar-refractivity contribution in [3.05, 3.63) is 48.0 Å². The first-order chi connectivity index (χ1) is 11.9. The van der Waals surface area contributed by atoms with Gasteiger partial charge in [-0.25, -0.2) is 13.2 Å². The third-order valence-electron chi connectivity index (χ3n) is 3.33. The molecular weight excluding hydrogens is 346 g/mol. The van der Waals surface area contributed by atoms with E-state index < -0.39 is 16.0 Å². The average Bonchev–Trinajstić information content (AvgIpc) is 2.61. The second-order valence-electron chi connectivity index (χ2n) is 4.89. The second kappa shape index (κ2) is 7.89. The molecule has 0 bridgehead atoms. The van der Waals surface area contributed by atoms with Gasteiger partial charge in [0.1, 0.15) is 16.4 Å². The number of hydrogen-bond acceptors (Lipinski definition) is 6. The van der Waals surface area contributed by atoms with Crippen molar-refractivity contribution >= 4 is 21.7 Å². The van der Waals surface area contributed by atoms with Crippen LogP contribution >= 0.6 is 0 Å². The van der Waals surface area contributed by atoms with E-state index in [0.717, 1.165) is 0 Å². The number of benzene rings is 2. The molecule has 0 aliphatic heterocycles. The lowest BCUT2D eigenvalue weighted by Gasteiger charge is -2.14. The summed E-state index contributed by atoms with van der Waals surface area (Å²) in [5.41, 5.74) is 0.249. The first-order valence-corrected chi connectivity index (χ1v) is 8.92. The number of nitrogens with one attached hydrogen (secondary N) is 1. The Morgan fingerprint density at radius 3 is 2.44 bits per heavy atom. The average molecular weight is 365 g/mol. The van der Waals surface area contributed by atoms with Crippen LogP contribution in [0.2, 0.25) is 0 Å². The molecule has 1 N–H and O–H groups in total. The molecule has 0 heterocycles. The van der Waals surface area contributed by atoms with E-state index in [1.54, 1.807) is 19.1 Å². The molecule has 25 heavy (non-hydrogen) atoms. The maximum absolute atomic E-state index is 12.7. The molecule has 0 aliphatic rings. The summed E-state index contributed by atoms with van der Waals surface area (Å²) in [4.78, 5) is 11.9. The number of sulfonamides is 1. The molecule has 0 spiro atoms. The number of hydrogen-bond donors (Lipinski definition) is 1. The number of ether oxygens (including phenoxy) is 3. The molecule has 2 aromatic rings. The summed E-state index contributed by atoms with van der Waals surface area (Å²) in [6.45, 7) is 1.86. The van der Waals surface area contributed by atoms with Gasteiger partial charge in [-0.3, -0.25) is 4.72 Å². The summed E-state index contributed by atoms with van der Waals surface area (Å²) in [6.07, 6.45) is 0. The van der Waals surface area contributed by atoms with Gasteiger partial charge in [-0.2, -0.15) is 0 Å². The minimum absolute atomic E-state index is 0.0746. The Labute approximate surface area is 146 Å². The topological polar surface area (TPSA) is 90.9 Å². The highest BCUT2D eigenvalue weighted by Gasteiger charge is 2.23. The molecule has 0 aliphatic carbocycles. The molecule has 0 radical (unpaired) electrons. The van der Waals surface area contributed by atoms with E-state index in [1.165, 1.54) is 44.6 Å². The Morgan fingerprint density at radius 1 is 1.08 bits per heavy atom. The smallest absolute Gasteiger partial charge is 0.340 e. The number of carbonyl (C=O) groups is 1. The summed E-state index contributed by atoms with van der Waals surface area (Å²) in [6, 6.07) is 10.6. The fourth-order valence-corrected chi connectivity index (χ4v) is 3.39. The Bertz CT molecular complexity index is 863. The van der Waals surface area contributed by atoms with Crippen molar-refractivity contribution in [2.45, 2.75) is 11.8 Å². The summed E-state index contributed by atoms with van der Waals surface area (Å²) in [7, 11) is -1.16. The zero-order chi connectivity index (χ0) is 18.4. The van der Waals surface area contributed by atoms with Gasteiger partial charge in [-0.05, 0) is 31.2 Å². The number of esters is 1. The highest BCUT2D eigenvalue weighted by Crippen LogP contribution is 2.30. The molecule has 2 aromatic carbocycles. The minimum Gasteiger partial charge on any atom is -0.497 e. The molecule has 134 valence electrons. The van der Waals surface area contributed by atoms with Crippen LogP contribution in [0.1, 0.15) is 17.3 Å². The van der Waals surface area contributed by atoms with Crippen LogP contribution in [0.4, 0.5) is 5.69 Å². The molecule has 0 atom stereocenters. The van der Waals surface area contributed by atoms with Crippen molar-refractivity contribution in [2.75, 3.05) is 25.5 Å². The van der Waals surface area contributed by atoms with Gasteiger partial charge in [0.25, 0.3) is 10.0 Å². The van der Waals surface area contributed by atoms with E-state index in [9.17, 15) is 13.2 Å². The third-order valence-corrected chi connectivity index (χ3v) is 4.73. The second-order valence-corrected chi connectivity index (χ2v) is 6.54. The van der Waals surface area contributed by atoms with Gasteiger partial charge in [0.05, 0.1) is 32.1 Å². The van der Waals surface area contributed by atoms with Crippen molar-refractivity contribution in [2.24, 2.45) is 0 Å². The van der Waals surface area contributed by atoms with E-state index in [1.807, 2.05) is 0 Å². The minimum atomic E-state index is -3.99. The van der Waals surface area contributed by atoms with Gasteiger partial charge >= 0.3 is 5.97 Å². The fraction of sp³-hybridized carbons (Fsp3) is 0.235. The van der Waals surface area contributed by atoms with Gasteiger partial charge in [-0.15, -0.1) is 0 Å². The van der Waals surface area contributed by atoms with Gasteiger partial charge in [0.15, 0.2) is 0 Å². The fourth-order valence-electron chi connectivity index (χ4n) is 2.16. The molecule has 0 saturated carbocycles. The number of methoxy groups -OCH3 is 2. The maximum Gasteiger partial charge on any atom is 0.340 e. The van der Waals surface area contributed by atoms with Crippen LogP contribution in [-0.4, -0.2) is 35.2 Å². The van der Waals surface area contributed by atoms with Crippen molar-refractivity contribution in [3.8, 4) is 11.5 Å². The number of carbonyl (C=O) groups excluding carboxylic acids is 1. The lowest BCUT2D eigenvalue weighted by molar-refractivity contribution is 0.0527. The number of rotatable bonds is 7. The van der Waals surface area contributed by atoms with Crippen LogP contribution in [0.5, 0.6) is 11.5 Å². The van der Waals surface area contributed by atoms with E-state index in [-0.39, 0.29) is 28.5 Å². The Hall–Kier alpha value is -2.74. The Morgan fingerprint density at radius 2 is 1.80 bits per heavy atom. The van der Waals surface area contributed by atoms with Crippen LogP contribution in [0.25, 0.3) is 0 Å². The molecule has 0 aromatic heterocycles. The summed E-state index contributed by atoms with van der Waals surface area (Å²) < 4.78 is 43.0. The van der Waals surface area contributed by atoms with Crippen LogP contribution in [0.15, 0.2) is 47.4 Å². The summed E-state index contributed by atoms with van der Waals surface area (Å²) >= 11 is 0. The van der Waals surface area contributed by atoms with Gasteiger partial charge in [0, 0.05) is 6.07 Å². The summed E-state index contributed by atoms with van der Waals surface area (Å²) in [5.74, 6) is -0.0225. The molecule has 2 rings (SSSR count). The lowest BCUT2D eigenvalue weighted by Crippen LogP contribution is -2.17. The SMILES string of the molecule is CCOC(=O)c1ccccc1NS(=O)(=O)c1ccc(OC)cc1OC. The quantitative estimate of drug-likeness (QED) is 0.759. The standard InChI is InChI=1S/C17H19NO6S/c1-4-24-17(19)13-7-5-6-8-14(13)18-25(20,21)16-10-9-12(22-2)11-15(16)23-3/h5-11,18H,4H2,1-3H3. The van der Waals surface area contributed by atoms with Crippen LogP contribution in [0, 0.1) is 0 Å². The van der Waals surface area contributed by atoms with E-state index in [2.05, 4.69) is 4.72 Å². The zero-order valence-corrected chi connectivity index (χ0v) is 14.9. The van der Waals surface area contributed by atoms with Crippen molar-refractivity contribution < 1.29 is 27.4 Å². The van der Waals surface area contributed by atoms with Gasteiger partial charge in [-0.1, -0.05) is 12.1 Å². The zero-order valence-electron chi connectivity index (χ0n) is 14.1. The van der Waals surface area contributed by atoms with Crippen molar-refractivity contribution in [1.29, 1.82) is 0 Å². The van der Waals surface area contributed by atoms with Gasteiger partial charge < -0.3 is 14.2 Å². The van der Waals surface area contributed by atoms with Gasteiger partial charge in [0.2, 0.25) is 0 Å². The number of para-hydroxylation sites is 1. The first kappa shape index (κ1) is 18.6. The highest BCUT2D eigenvalue weighted by atomic mass is 32.2. The largest absolute Gasteiger partial charge is 0.497 e. The monoisotopic (exact) mass is 365 g/mol. The Balaban J connectivity index is 2.42. The van der Waals surface area contributed by atoms with E-state index in [0.29, 0.717) is 5.75 Å². The third kappa shape index (κ3) is 4.21. The van der Waals surface area contributed by atoms with Crippen molar-refractivity contribution in [1.82, 2.24) is 0 Å². The predicted molar refractivity (Wildman–Crippen MR) is 92.8 cm³/mol. The first-order valence-electron chi connectivity index (χ1n) is 7.44. The predicted octanol–water partition coefficient (Wildman–Crippen LogP) is 2.68. The lowest BCUT2D eigenvalue weighted by atomic mass is 10.2. The van der Waals surface area contributed by atoms with E-state index >= 15 is 0 Å². The molecule has 0 unspecified atom stereocenters. The van der Waals surface area contributed by atoms with Crippen LogP contribution < -0.4 is 14.2 Å². The number of anilines is 1. The van der Waals surface area contributed by atoms with E-state index in [4.69, 9.17) is 14.2 Å². The summed E-state index contributed by atoms with van der Waals surface area (Å²) in [5, 5.41) is 0.